The molecule has 6 heteroatoms. The van der Waals surface area contributed by atoms with Crippen LogP contribution in [0.2, 0.25) is 5.02 Å². The Morgan fingerprint density at radius 2 is 1.57 bits per heavy atom. The van der Waals surface area contributed by atoms with Gasteiger partial charge in [-0.05, 0) is 60.5 Å². The first-order valence-electron chi connectivity index (χ1n) is 8.85. The summed E-state index contributed by atoms with van der Waals surface area (Å²) >= 11 is 7.65. The van der Waals surface area contributed by atoms with Gasteiger partial charge in [0.25, 0.3) is 0 Å². The molecule has 28 heavy (non-hydrogen) atoms. The van der Waals surface area contributed by atoms with Crippen molar-refractivity contribution in [1.29, 1.82) is 0 Å². The third-order valence-electron chi connectivity index (χ3n) is 4.29. The molecule has 1 aromatic heterocycles. The Hall–Kier alpha value is -2.63. The molecule has 0 radical (unpaired) electrons. The predicted molar refractivity (Wildman–Crippen MR) is 113 cm³/mol. The van der Waals surface area contributed by atoms with Gasteiger partial charge in [-0.15, -0.1) is 10.2 Å². The first-order valence-corrected chi connectivity index (χ1v) is 10.2. The number of halogens is 2. The van der Waals surface area contributed by atoms with E-state index >= 15 is 0 Å². The van der Waals surface area contributed by atoms with Crippen LogP contribution < -0.4 is 0 Å². The summed E-state index contributed by atoms with van der Waals surface area (Å²) in [7, 11) is 0. The van der Waals surface area contributed by atoms with Crippen LogP contribution in [-0.2, 0) is 6.42 Å². The van der Waals surface area contributed by atoms with Crippen molar-refractivity contribution in [2.75, 3.05) is 5.75 Å². The molecular weight excluding hydrogens is 393 g/mol. The van der Waals surface area contributed by atoms with E-state index in [0.29, 0.717) is 10.8 Å². The second-order valence-corrected chi connectivity index (χ2v) is 7.71. The van der Waals surface area contributed by atoms with E-state index in [4.69, 9.17) is 11.6 Å². The lowest BCUT2D eigenvalue weighted by Gasteiger charge is -2.10. The zero-order valence-electron chi connectivity index (χ0n) is 14.9. The molecule has 0 saturated carbocycles. The highest BCUT2D eigenvalue weighted by atomic mass is 35.5. The van der Waals surface area contributed by atoms with Crippen LogP contribution in [0.3, 0.4) is 0 Å². The predicted octanol–water partition coefficient (Wildman–Crippen LogP) is 6.06. The number of aromatic nitrogens is 3. The number of nitrogens with zero attached hydrogens (tertiary/aromatic N) is 3. The number of aryl methyl sites for hydroxylation is 1. The lowest BCUT2D eigenvalue weighted by molar-refractivity contribution is 0.627. The highest BCUT2D eigenvalue weighted by Gasteiger charge is 2.16. The topological polar surface area (TPSA) is 30.7 Å². The van der Waals surface area contributed by atoms with Crippen molar-refractivity contribution in [3.63, 3.8) is 0 Å². The minimum Gasteiger partial charge on any atom is -0.270 e. The molecule has 140 valence electrons. The van der Waals surface area contributed by atoms with Gasteiger partial charge in [-0.1, -0.05) is 53.7 Å². The summed E-state index contributed by atoms with van der Waals surface area (Å²) in [4.78, 5) is 0. The minimum atomic E-state index is -0.275. The molecule has 0 bridgehead atoms. The molecule has 0 spiro atoms. The molecule has 1 heterocycles. The van der Waals surface area contributed by atoms with E-state index in [-0.39, 0.29) is 5.82 Å². The maximum atomic E-state index is 13.4. The van der Waals surface area contributed by atoms with Crippen LogP contribution in [0.15, 0.2) is 84.0 Å². The van der Waals surface area contributed by atoms with E-state index < -0.39 is 0 Å². The largest absolute Gasteiger partial charge is 0.270 e. The summed E-state index contributed by atoms with van der Waals surface area (Å²) < 4.78 is 15.4. The van der Waals surface area contributed by atoms with Crippen LogP contribution in [0.1, 0.15) is 5.56 Å². The zero-order chi connectivity index (χ0) is 19.3. The number of rotatable bonds is 6. The van der Waals surface area contributed by atoms with Crippen LogP contribution in [0.5, 0.6) is 0 Å². The smallest absolute Gasteiger partial charge is 0.196 e. The molecule has 4 rings (SSSR count). The average Bonchev–Trinajstić information content (AvgIpc) is 3.14. The van der Waals surface area contributed by atoms with Gasteiger partial charge in [0.05, 0.1) is 0 Å². The molecule has 0 atom stereocenters. The molecule has 0 saturated heterocycles. The Morgan fingerprint density at radius 1 is 0.857 bits per heavy atom. The van der Waals surface area contributed by atoms with Crippen molar-refractivity contribution in [2.24, 2.45) is 0 Å². The van der Waals surface area contributed by atoms with Gasteiger partial charge >= 0.3 is 0 Å². The number of thioether (sulfide) groups is 1. The van der Waals surface area contributed by atoms with E-state index in [1.165, 1.54) is 17.7 Å². The van der Waals surface area contributed by atoms with Crippen LogP contribution >= 0.6 is 23.4 Å². The SMILES string of the molecule is Fc1ccc(-n2c(SCCc3ccccc3)nnc2-c2ccc(Cl)cc2)cc1. The van der Waals surface area contributed by atoms with Crippen molar-refractivity contribution in [3.05, 3.63) is 95.3 Å². The fourth-order valence-corrected chi connectivity index (χ4v) is 3.94. The van der Waals surface area contributed by atoms with E-state index in [1.54, 1.807) is 23.9 Å². The van der Waals surface area contributed by atoms with Crippen molar-refractivity contribution in [3.8, 4) is 17.1 Å². The van der Waals surface area contributed by atoms with Gasteiger partial charge in [-0.2, -0.15) is 0 Å². The summed E-state index contributed by atoms with van der Waals surface area (Å²) in [6.45, 7) is 0. The maximum Gasteiger partial charge on any atom is 0.196 e. The van der Waals surface area contributed by atoms with E-state index in [0.717, 1.165) is 28.6 Å². The Morgan fingerprint density at radius 3 is 2.29 bits per heavy atom. The lowest BCUT2D eigenvalue weighted by Crippen LogP contribution is -2.00. The van der Waals surface area contributed by atoms with Gasteiger partial charge in [0, 0.05) is 22.0 Å². The van der Waals surface area contributed by atoms with Crippen LogP contribution in [0, 0.1) is 5.82 Å². The summed E-state index contributed by atoms with van der Waals surface area (Å²) in [5, 5.41) is 10.2. The minimum absolute atomic E-state index is 0.275. The number of hydrogen-bond acceptors (Lipinski definition) is 3. The standard InChI is InChI=1S/C22H17ClFN3S/c23-18-8-6-17(7-9-18)21-25-26-22(27(21)20-12-10-19(24)11-13-20)28-15-14-16-4-2-1-3-5-16/h1-13H,14-15H2. The first kappa shape index (κ1) is 18.7. The Labute approximate surface area is 172 Å². The zero-order valence-corrected chi connectivity index (χ0v) is 16.5. The Balaban J connectivity index is 1.65. The van der Waals surface area contributed by atoms with Crippen molar-refractivity contribution in [1.82, 2.24) is 14.8 Å². The fraction of sp³-hybridized carbons (Fsp3) is 0.0909. The monoisotopic (exact) mass is 409 g/mol. The van der Waals surface area contributed by atoms with Gasteiger partial charge in [-0.3, -0.25) is 4.57 Å². The molecule has 0 fully saturated rings. The van der Waals surface area contributed by atoms with Crippen LogP contribution in [0.4, 0.5) is 4.39 Å². The Bertz CT molecular complexity index is 1050. The average molecular weight is 410 g/mol. The van der Waals surface area contributed by atoms with E-state index in [9.17, 15) is 4.39 Å². The number of benzene rings is 3. The highest BCUT2D eigenvalue weighted by Crippen LogP contribution is 2.29. The Kier molecular flexibility index (Phi) is 5.74. The highest BCUT2D eigenvalue weighted by molar-refractivity contribution is 7.99. The van der Waals surface area contributed by atoms with Crippen molar-refractivity contribution in [2.45, 2.75) is 11.6 Å². The molecule has 0 N–H and O–H groups in total. The second kappa shape index (κ2) is 8.59. The molecule has 4 aromatic rings. The van der Waals surface area contributed by atoms with Crippen molar-refractivity contribution >= 4 is 23.4 Å². The molecule has 0 amide bonds. The molecule has 0 aliphatic carbocycles. The van der Waals surface area contributed by atoms with Gasteiger partial charge in [0.2, 0.25) is 0 Å². The van der Waals surface area contributed by atoms with Gasteiger partial charge in [0.15, 0.2) is 11.0 Å². The molecule has 0 aliphatic heterocycles. The molecule has 3 aromatic carbocycles. The second-order valence-electron chi connectivity index (χ2n) is 6.21. The third kappa shape index (κ3) is 4.26. The molecule has 3 nitrogen and oxygen atoms in total. The van der Waals surface area contributed by atoms with Crippen LogP contribution in [-0.4, -0.2) is 20.5 Å². The molecule has 0 aliphatic rings. The van der Waals surface area contributed by atoms with E-state index in [1.807, 2.05) is 47.0 Å². The third-order valence-corrected chi connectivity index (χ3v) is 5.47. The quantitative estimate of drug-likeness (QED) is 0.362. The first-order chi connectivity index (χ1) is 13.7. The number of hydrogen-bond donors (Lipinski definition) is 0. The fourth-order valence-electron chi connectivity index (χ4n) is 2.88. The van der Waals surface area contributed by atoms with Crippen LogP contribution in [0.25, 0.3) is 17.1 Å². The molecular formula is C22H17ClFN3S. The summed E-state index contributed by atoms with van der Waals surface area (Å²) in [5.41, 5.74) is 3.00. The lowest BCUT2D eigenvalue weighted by atomic mass is 10.2. The van der Waals surface area contributed by atoms with Gasteiger partial charge < -0.3 is 0 Å². The summed E-state index contributed by atoms with van der Waals surface area (Å²) in [6, 6.07) is 24.1. The molecule has 0 unspecified atom stereocenters. The maximum absolute atomic E-state index is 13.4. The normalized spacial score (nSPS) is 10.9. The van der Waals surface area contributed by atoms with Gasteiger partial charge in [-0.25, -0.2) is 4.39 Å². The summed E-state index contributed by atoms with van der Waals surface area (Å²) in [6.07, 6.45) is 0.929. The van der Waals surface area contributed by atoms with Gasteiger partial charge in [0.1, 0.15) is 5.82 Å². The van der Waals surface area contributed by atoms with E-state index in [2.05, 4.69) is 22.3 Å². The summed E-state index contributed by atoms with van der Waals surface area (Å²) in [5.74, 6) is 1.29. The van der Waals surface area contributed by atoms with Crippen molar-refractivity contribution < 1.29 is 4.39 Å².